The van der Waals surface area contributed by atoms with Gasteiger partial charge in [-0.05, 0) is 36.5 Å². The molecule has 0 aliphatic carbocycles. The van der Waals surface area contributed by atoms with Crippen molar-refractivity contribution in [1.29, 1.82) is 0 Å². The van der Waals surface area contributed by atoms with Crippen LogP contribution in [0, 0.1) is 0 Å². The summed E-state index contributed by atoms with van der Waals surface area (Å²) in [6, 6.07) is 18.9. The summed E-state index contributed by atoms with van der Waals surface area (Å²) < 4.78 is 11.4. The summed E-state index contributed by atoms with van der Waals surface area (Å²) >= 11 is 0. The lowest BCUT2D eigenvalue weighted by Crippen LogP contribution is -2.36. The largest absolute Gasteiger partial charge is 0.381 e. The topological polar surface area (TPSA) is 54.9 Å². The van der Waals surface area contributed by atoms with E-state index in [4.69, 9.17) is 9.47 Å². The number of benzene rings is 2. The van der Waals surface area contributed by atoms with Gasteiger partial charge in [-0.2, -0.15) is 0 Å². The zero-order valence-electron chi connectivity index (χ0n) is 16.7. The molecule has 0 bridgehead atoms. The molecular weight excluding hydrogens is 350 g/mol. The molecule has 0 radical (unpaired) electrons. The highest BCUT2D eigenvalue weighted by Gasteiger charge is 2.13. The van der Waals surface area contributed by atoms with Crippen molar-refractivity contribution < 1.29 is 9.47 Å². The average Bonchev–Trinajstić information content (AvgIpc) is 2.76. The van der Waals surface area contributed by atoms with E-state index < -0.39 is 0 Å². The van der Waals surface area contributed by atoms with Gasteiger partial charge in [-0.1, -0.05) is 54.6 Å². The number of nitrogens with zero attached hydrogens (tertiary/aromatic N) is 1. The van der Waals surface area contributed by atoms with Crippen LogP contribution in [0.4, 0.5) is 0 Å². The molecule has 3 rings (SSSR count). The van der Waals surface area contributed by atoms with E-state index in [9.17, 15) is 0 Å². The van der Waals surface area contributed by atoms with Crippen molar-refractivity contribution in [3.63, 3.8) is 0 Å². The highest BCUT2D eigenvalue weighted by Crippen LogP contribution is 2.14. The van der Waals surface area contributed by atoms with E-state index in [2.05, 4.69) is 58.9 Å². The fourth-order valence-corrected chi connectivity index (χ4v) is 3.09. The Morgan fingerprint density at radius 2 is 1.68 bits per heavy atom. The molecule has 1 heterocycles. The molecule has 5 nitrogen and oxygen atoms in total. The van der Waals surface area contributed by atoms with Crippen LogP contribution in [0.5, 0.6) is 0 Å². The molecule has 0 saturated carbocycles. The van der Waals surface area contributed by atoms with Crippen LogP contribution in [0.25, 0.3) is 0 Å². The first-order valence-corrected chi connectivity index (χ1v) is 10.2. The van der Waals surface area contributed by atoms with Crippen LogP contribution in [-0.4, -0.2) is 31.8 Å². The van der Waals surface area contributed by atoms with Gasteiger partial charge in [0, 0.05) is 26.3 Å². The van der Waals surface area contributed by atoms with E-state index in [1.165, 1.54) is 16.7 Å². The maximum atomic E-state index is 5.99. The van der Waals surface area contributed by atoms with E-state index in [0.717, 1.165) is 45.1 Å². The van der Waals surface area contributed by atoms with Crippen LogP contribution in [0.1, 0.15) is 36.5 Å². The standard InChI is InChI=1S/C23H31N3O2/c1-2-24-23(25-16-19-6-4-3-5-7-19)26-17-20-8-10-21(11-9-20)18-28-22-12-14-27-15-13-22/h3-11,22H,2,12-18H2,1H3,(H2,24,25,26). The molecule has 1 aliphatic heterocycles. The van der Waals surface area contributed by atoms with Crippen LogP contribution < -0.4 is 10.6 Å². The molecule has 1 fully saturated rings. The van der Waals surface area contributed by atoms with Gasteiger partial charge in [-0.15, -0.1) is 0 Å². The molecule has 1 saturated heterocycles. The van der Waals surface area contributed by atoms with Crippen molar-refractivity contribution in [3.05, 3.63) is 71.3 Å². The minimum absolute atomic E-state index is 0.332. The predicted molar refractivity (Wildman–Crippen MR) is 113 cm³/mol. The third-order valence-electron chi connectivity index (χ3n) is 4.74. The van der Waals surface area contributed by atoms with E-state index >= 15 is 0 Å². The first-order chi connectivity index (χ1) is 13.8. The lowest BCUT2D eigenvalue weighted by atomic mass is 10.1. The Morgan fingerprint density at radius 1 is 0.964 bits per heavy atom. The molecule has 5 heteroatoms. The summed E-state index contributed by atoms with van der Waals surface area (Å²) in [5, 5.41) is 6.70. The van der Waals surface area contributed by atoms with Crippen molar-refractivity contribution in [1.82, 2.24) is 10.6 Å². The molecule has 0 spiro atoms. The number of aliphatic imine (C=N–C) groups is 1. The number of ether oxygens (including phenoxy) is 2. The zero-order chi connectivity index (χ0) is 19.4. The zero-order valence-corrected chi connectivity index (χ0v) is 16.7. The van der Waals surface area contributed by atoms with Crippen LogP contribution in [-0.2, 0) is 29.2 Å². The van der Waals surface area contributed by atoms with Crippen molar-refractivity contribution in [2.24, 2.45) is 4.99 Å². The Bertz CT molecular complexity index is 710. The number of rotatable bonds is 8. The monoisotopic (exact) mass is 381 g/mol. The Labute approximate surface area is 168 Å². The minimum Gasteiger partial charge on any atom is -0.381 e. The Morgan fingerprint density at radius 3 is 2.39 bits per heavy atom. The summed E-state index contributed by atoms with van der Waals surface area (Å²) in [6.07, 6.45) is 2.33. The average molecular weight is 382 g/mol. The summed E-state index contributed by atoms with van der Waals surface area (Å²) in [6.45, 7) is 6.61. The molecule has 28 heavy (non-hydrogen) atoms. The molecular formula is C23H31N3O2. The Kier molecular flexibility index (Phi) is 8.34. The smallest absolute Gasteiger partial charge is 0.191 e. The van der Waals surface area contributed by atoms with Crippen LogP contribution >= 0.6 is 0 Å². The molecule has 0 atom stereocenters. The normalized spacial score (nSPS) is 15.4. The Hall–Kier alpha value is -2.37. The highest BCUT2D eigenvalue weighted by atomic mass is 16.5. The Balaban J connectivity index is 1.46. The SMILES string of the molecule is CCNC(=NCc1ccccc1)NCc1ccc(COC2CCOCC2)cc1. The second kappa shape index (κ2) is 11.5. The number of nitrogens with one attached hydrogen (secondary N) is 2. The quantitative estimate of drug-likeness (QED) is 0.541. The molecule has 0 unspecified atom stereocenters. The van der Waals surface area contributed by atoms with Crippen LogP contribution in [0.2, 0.25) is 0 Å². The molecule has 2 aromatic rings. The highest BCUT2D eigenvalue weighted by molar-refractivity contribution is 5.79. The van der Waals surface area contributed by atoms with Gasteiger partial charge in [-0.25, -0.2) is 4.99 Å². The number of hydrogen-bond donors (Lipinski definition) is 2. The first-order valence-electron chi connectivity index (χ1n) is 10.2. The minimum atomic E-state index is 0.332. The second-order valence-electron chi connectivity index (χ2n) is 6.97. The van der Waals surface area contributed by atoms with Crippen LogP contribution in [0.3, 0.4) is 0 Å². The van der Waals surface area contributed by atoms with Gasteiger partial charge >= 0.3 is 0 Å². The van der Waals surface area contributed by atoms with Crippen molar-refractivity contribution >= 4 is 5.96 Å². The molecule has 2 N–H and O–H groups in total. The number of hydrogen-bond acceptors (Lipinski definition) is 3. The maximum Gasteiger partial charge on any atom is 0.191 e. The number of guanidine groups is 1. The molecule has 0 amide bonds. The van der Waals surface area contributed by atoms with E-state index in [1.54, 1.807) is 0 Å². The lowest BCUT2D eigenvalue weighted by molar-refractivity contribution is -0.0390. The lowest BCUT2D eigenvalue weighted by Gasteiger charge is -2.22. The first kappa shape index (κ1) is 20.4. The van der Waals surface area contributed by atoms with Crippen molar-refractivity contribution in [2.75, 3.05) is 19.8 Å². The van der Waals surface area contributed by atoms with E-state index in [0.29, 0.717) is 19.3 Å². The summed E-state index contributed by atoms with van der Waals surface area (Å²) in [7, 11) is 0. The van der Waals surface area contributed by atoms with Gasteiger partial charge < -0.3 is 20.1 Å². The van der Waals surface area contributed by atoms with Crippen molar-refractivity contribution in [2.45, 2.75) is 45.6 Å². The van der Waals surface area contributed by atoms with Gasteiger partial charge in [-0.3, -0.25) is 0 Å². The van der Waals surface area contributed by atoms with Gasteiger partial charge in [0.25, 0.3) is 0 Å². The fourth-order valence-electron chi connectivity index (χ4n) is 3.09. The van der Waals surface area contributed by atoms with Crippen molar-refractivity contribution in [3.8, 4) is 0 Å². The maximum absolute atomic E-state index is 5.99. The van der Waals surface area contributed by atoms with Gasteiger partial charge in [0.2, 0.25) is 0 Å². The summed E-state index contributed by atoms with van der Waals surface area (Å²) in [5.74, 6) is 0.832. The fraction of sp³-hybridized carbons (Fsp3) is 0.435. The van der Waals surface area contributed by atoms with Gasteiger partial charge in [0.15, 0.2) is 5.96 Å². The predicted octanol–water partition coefficient (Wildman–Crippen LogP) is 3.64. The molecule has 0 aromatic heterocycles. The second-order valence-corrected chi connectivity index (χ2v) is 6.97. The third-order valence-corrected chi connectivity index (χ3v) is 4.74. The van der Waals surface area contributed by atoms with E-state index in [1.807, 2.05) is 18.2 Å². The van der Waals surface area contributed by atoms with E-state index in [-0.39, 0.29) is 0 Å². The summed E-state index contributed by atoms with van der Waals surface area (Å²) in [5.41, 5.74) is 3.63. The third kappa shape index (κ3) is 6.98. The molecule has 1 aliphatic rings. The van der Waals surface area contributed by atoms with Gasteiger partial charge in [0.1, 0.15) is 0 Å². The van der Waals surface area contributed by atoms with Gasteiger partial charge in [0.05, 0.1) is 19.3 Å². The molecule has 2 aromatic carbocycles. The van der Waals surface area contributed by atoms with Crippen LogP contribution in [0.15, 0.2) is 59.6 Å². The molecule has 150 valence electrons. The summed E-state index contributed by atoms with van der Waals surface area (Å²) in [4.78, 5) is 4.66.